The Bertz CT molecular complexity index is 1010. The summed E-state index contributed by atoms with van der Waals surface area (Å²) in [5.74, 6) is 0.354. The molecule has 0 unspecified atom stereocenters. The summed E-state index contributed by atoms with van der Waals surface area (Å²) in [5, 5.41) is 9.96. The summed E-state index contributed by atoms with van der Waals surface area (Å²) in [6.45, 7) is 9.54. The van der Waals surface area contributed by atoms with Crippen molar-refractivity contribution in [1.82, 2.24) is 4.90 Å². The zero-order valence-electron chi connectivity index (χ0n) is 19.1. The Morgan fingerprint density at radius 2 is 1.64 bits per heavy atom. The number of benzene rings is 2. The fourth-order valence-electron chi connectivity index (χ4n) is 3.48. The van der Waals surface area contributed by atoms with Crippen molar-refractivity contribution in [3.05, 3.63) is 49.1 Å². The summed E-state index contributed by atoms with van der Waals surface area (Å²) in [5.41, 5.74) is 0.454. The summed E-state index contributed by atoms with van der Waals surface area (Å²) < 4.78 is 12.6. The van der Waals surface area contributed by atoms with E-state index >= 15 is 0 Å². The minimum Gasteiger partial charge on any atom is -0.506 e. The lowest BCUT2D eigenvalue weighted by Crippen LogP contribution is -2.48. The highest BCUT2D eigenvalue weighted by Crippen LogP contribution is 2.29. The molecule has 9 heteroatoms. The Hall–Kier alpha value is -1.76. The van der Waals surface area contributed by atoms with Crippen LogP contribution in [-0.2, 0) is 9.53 Å². The van der Waals surface area contributed by atoms with Crippen LogP contribution in [0.3, 0.4) is 0 Å². The van der Waals surface area contributed by atoms with Crippen molar-refractivity contribution in [2.24, 2.45) is 0 Å². The van der Waals surface area contributed by atoms with Gasteiger partial charge in [0.1, 0.15) is 11.5 Å². The second kappa shape index (κ2) is 10.7. The number of phenolic OH excluding ortho intramolecular Hbond substituents is 1. The van der Waals surface area contributed by atoms with Crippen molar-refractivity contribution >= 4 is 62.7 Å². The number of rotatable bonds is 6. The number of ether oxygens (including phenoxy) is 2. The number of amides is 1. The summed E-state index contributed by atoms with van der Waals surface area (Å²) >= 11 is 4.08. The Labute approximate surface area is 221 Å². The molecule has 0 spiro atoms. The van der Waals surface area contributed by atoms with Crippen LogP contribution >= 0.6 is 45.2 Å². The van der Waals surface area contributed by atoms with Crippen LogP contribution in [0.1, 0.15) is 38.1 Å². The average molecular weight is 678 g/mol. The van der Waals surface area contributed by atoms with Crippen LogP contribution in [0.4, 0.5) is 5.69 Å². The highest BCUT2D eigenvalue weighted by Gasteiger charge is 2.33. The highest BCUT2D eigenvalue weighted by molar-refractivity contribution is 14.1. The summed E-state index contributed by atoms with van der Waals surface area (Å²) in [6.07, 6.45) is -0.209. The van der Waals surface area contributed by atoms with Crippen molar-refractivity contribution in [1.29, 1.82) is 0 Å². The van der Waals surface area contributed by atoms with E-state index in [-0.39, 0.29) is 17.8 Å². The first kappa shape index (κ1) is 25.9. The van der Waals surface area contributed by atoms with E-state index in [9.17, 15) is 14.7 Å². The SMILES string of the molecule is CC(C)OC(=O)C(C)(C)Oc1cccc(N2CCN(C(=O)c3cc(I)c(O)c(I)c3)CC2)c1. The standard InChI is InChI=1S/C24H28I2N2O5/c1-15(2)32-23(31)24(3,4)33-18-7-5-6-17(14-18)27-8-10-28(11-9-27)22(30)16-12-19(25)21(29)20(26)13-16/h5-7,12-15,29H,8-11H2,1-4H3. The molecule has 1 heterocycles. The van der Waals surface area contributed by atoms with E-state index in [1.54, 1.807) is 26.0 Å². The maximum absolute atomic E-state index is 13.0. The number of hydrogen-bond donors (Lipinski definition) is 1. The van der Waals surface area contributed by atoms with Gasteiger partial charge in [0.25, 0.3) is 5.91 Å². The Morgan fingerprint density at radius 3 is 2.21 bits per heavy atom. The zero-order valence-corrected chi connectivity index (χ0v) is 23.4. The molecule has 0 aromatic heterocycles. The lowest BCUT2D eigenvalue weighted by atomic mass is 10.1. The van der Waals surface area contributed by atoms with E-state index in [0.29, 0.717) is 44.6 Å². The van der Waals surface area contributed by atoms with Gasteiger partial charge in [0.15, 0.2) is 5.60 Å². The molecule has 2 aromatic rings. The Kier molecular flexibility index (Phi) is 8.35. The van der Waals surface area contributed by atoms with E-state index in [2.05, 4.69) is 4.90 Å². The normalized spacial score (nSPS) is 14.4. The van der Waals surface area contributed by atoms with Crippen LogP contribution in [0.25, 0.3) is 0 Å². The van der Waals surface area contributed by atoms with E-state index in [1.165, 1.54) is 0 Å². The van der Waals surface area contributed by atoms with Crippen LogP contribution in [-0.4, -0.2) is 59.8 Å². The van der Waals surface area contributed by atoms with E-state index in [0.717, 1.165) is 5.69 Å². The molecule has 1 saturated heterocycles. The molecule has 2 aromatic carbocycles. The van der Waals surface area contributed by atoms with Gasteiger partial charge in [-0.05, 0) is 97.1 Å². The predicted octanol–water partition coefficient (Wildman–Crippen LogP) is 4.67. The zero-order chi connectivity index (χ0) is 24.3. The molecule has 33 heavy (non-hydrogen) atoms. The molecule has 0 bridgehead atoms. The largest absolute Gasteiger partial charge is 0.506 e. The monoisotopic (exact) mass is 678 g/mol. The number of anilines is 1. The Morgan fingerprint density at radius 1 is 1.03 bits per heavy atom. The van der Waals surface area contributed by atoms with Gasteiger partial charge in [-0.2, -0.15) is 0 Å². The maximum Gasteiger partial charge on any atom is 0.350 e. The van der Waals surface area contributed by atoms with Crippen LogP contribution in [0, 0.1) is 7.14 Å². The van der Waals surface area contributed by atoms with Gasteiger partial charge in [0.2, 0.25) is 0 Å². The second-order valence-electron chi connectivity index (χ2n) is 8.63. The van der Waals surface area contributed by atoms with Crippen molar-refractivity contribution in [2.75, 3.05) is 31.1 Å². The first-order valence-electron chi connectivity index (χ1n) is 10.7. The number of aromatic hydroxyl groups is 1. The third-order valence-electron chi connectivity index (χ3n) is 5.22. The molecular formula is C24H28I2N2O5. The minimum absolute atomic E-state index is 0.0343. The molecular weight excluding hydrogens is 650 g/mol. The number of carbonyl (C=O) groups excluding carboxylic acids is 2. The van der Waals surface area contributed by atoms with Crippen molar-refractivity contribution < 1.29 is 24.2 Å². The van der Waals surface area contributed by atoms with Crippen LogP contribution < -0.4 is 9.64 Å². The predicted molar refractivity (Wildman–Crippen MR) is 144 cm³/mol. The fraction of sp³-hybridized carbons (Fsp3) is 0.417. The fourth-order valence-corrected chi connectivity index (χ4v) is 5.24. The van der Waals surface area contributed by atoms with Crippen molar-refractivity contribution in [3.63, 3.8) is 0 Å². The average Bonchev–Trinajstić information content (AvgIpc) is 2.76. The molecule has 3 rings (SSSR count). The molecule has 0 aliphatic carbocycles. The molecule has 178 valence electrons. The molecule has 1 fully saturated rings. The van der Waals surface area contributed by atoms with Crippen LogP contribution in [0.5, 0.6) is 11.5 Å². The van der Waals surface area contributed by atoms with E-state index in [1.807, 2.05) is 88.2 Å². The van der Waals surface area contributed by atoms with Crippen LogP contribution in [0.15, 0.2) is 36.4 Å². The van der Waals surface area contributed by atoms with Crippen molar-refractivity contribution in [2.45, 2.75) is 39.4 Å². The number of carbonyl (C=O) groups is 2. The quantitative estimate of drug-likeness (QED) is 0.354. The van der Waals surface area contributed by atoms with Gasteiger partial charge in [-0.1, -0.05) is 6.07 Å². The van der Waals surface area contributed by atoms with E-state index < -0.39 is 11.6 Å². The lowest BCUT2D eigenvalue weighted by molar-refractivity contribution is -0.163. The Balaban J connectivity index is 1.64. The first-order chi connectivity index (χ1) is 15.5. The molecule has 0 atom stereocenters. The van der Waals surface area contributed by atoms with E-state index in [4.69, 9.17) is 9.47 Å². The summed E-state index contributed by atoms with van der Waals surface area (Å²) in [4.78, 5) is 29.3. The van der Waals surface area contributed by atoms with Crippen LogP contribution in [0.2, 0.25) is 0 Å². The first-order valence-corrected chi connectivity index (χ1v) is 12.9. The minimum atomic E-state index is -1.10. The van der Waals surface area contributed by atoms with Gasteiger partial charge >= 0.3 is 5.97 Å². The number of piperazine rings is 1. The summed E-state index contributed by atoms with van der Waals surface area (Å²) in [7, 11) is 0. The highest BCUT2D eigenvalue weighted by atomic mass is 127. The third-order valence-corrected chi connectivity index (χ3v) is 6.87. The number of esters is 1. The molecule has 1 aliphatic rings. The number of phenols is 1. The molecule has 0 saturated carbocycles. The lowest BCUT2D eigenvalue weighted by Gasteiger charge is -2.36. The van der Waals surface area contributed by atoms with Gasteiger partial charge in [-0.15, -0.1) is 0 Å². The molecule has 1 amide bonds. The second-order valence-corrected chi connectivity index (χ2v) is 11.0. The number of halogens is 2. The smallest absolute Gasteiger partial charge is 0.350 e. The molecule has 0 radical (unpaired) electrons. The molecule has 1 aliphatic heterocycles. The molecule has 1 N–H and O–H groups in total. The van der Waals surface area contributed by atoms with Crippen molar-refractivity contribution in [3.8, 4) is 11.5 Å². The van der Waals surface area contributed by atoms with Gasteiger partial charge in [-0.3, -0.25) is 4.79 Å². The van der Waals surface area contributed by atoms with Gasteiger partial charge < -0.3 is 24.4 Å². The van der Waals surface area contributed by atoms with Gasteiger partial charge in [0.05, 0.1) is 13.2 Å². The third kappa shape index (κ3) is 6.43. The molecule has 7 nitrogen and oxygen atoms in total. The summed E-state index contributed by atoms with van der Waals surface area (Å²) in [6, 6.07) is 11.1. The maximum atomic E-state index is 13.0. The topological polar surface area (TPSA) is 79.3 Å². The van der Waals surface area contributed by atoms with Gasteiger partial charge in [-0.25, -0.2) is 4.79 Å². The number of hydrogen-bond acceptors (Lipinski definition) is 6. The number of nitrogens with zero attached hydrogens (tertiary/aromatic N) is 2. The van der Waals surface area contributed by atoms with Gasteiger partial charge in [0, 0.05) is 43.5 Å².